The summed E-state index contributed by atoms with van der Waals surface area (Å²) in [6.07, 6.45) is 5.65. The van der Waals surface area contributed by atoms with E-state index in [1.165, 1.54) is 49.8 Å². The molecular weight excluding hydrogens is 295 g/mol. The zero-order valence-electron chi connectivity index (χ0n) is 12.2. The first-order valence-corrected chi connectivity index (χ1v) is 8.18. The highest BCUT2D eigenvalue weighted by atomic mass is 32.2. The first kappa shape index (κ1) is 19.7. The Morgan fingerprint density at radius 3 is 2.10 bits per heavy atom. The van der Waals surface area contributed by atoms with Gasteiger partial charge in [0.2, 0.25) is 0 Å². The molecule has 1 fully saturated rings. The summed E-state index contributed by atoms with van der Waals surface area (Å²) in [5.74, 6) is 0.969. The van der Waals surface area contributed by atoms with Crippen LogP contribution in [0.15, 0.2) is 0 Å². The SMILES string of the molecule is CCCCC[N+]1(C)CCC(C)C1.O=S(=O)([O-])C(F)(F)F. The first-order valence-electron chi connectivity index (χ1n) is 6.77. The summed E-state index contributed by atoms with van der Waals surface area (Å²) in [6.45, 7) is 8.93. The molecule has 1 aliphatic heterocycles. The number of alkyl halides is 3. The van der Waals surface area contributed by atoms with E-state index in [0.717, 1.165) is 5.92 Å². The summed E-state index contributed by atoms with van der Waals surface area (Å²) in [6, 6.07) is 0. The average Bonchev–Trinajstić information content (AvgIpc) is 2.57. The quantitative estimate of drug-likeness (QED) is 0.346. The molecule has 0 aromatic heterocycles. The third-order valence-electron chi connectivity index (χ3n) is 3.50. The molecule has 1 aliphatic rings. The van der Waals surface area contributed by atoms with Crippen LogP contribution in [0.2, 0.25) is 0 Å². The standard InChI is InChI=1S/C11H24N.CHF3O3S/c1-4-5-6-8-12(3)9-7-11(2)10-12;2-1(3,4)8(5,6)7/h11H,4-10H2,1-3H3;(H,5,6,7)/q+1;/p-1. The van der Waals surface area contributed by atoms with Crippen LogP contribution in [0.1, 0.15) is 39.5 Å². The monoisotopic (exact) mass is 319 g/mol. The molecule has 0 aromatic rings. The van der Waals surface area contributed by atoms with Crippen LogP contribution in [0.3, 0.4) is 0 Å². The van der Waals surface area contributed by atoms with Crippen molar-refractivity contribution in [3.8, 4) is 0 Å². The van der Waals surface area contributed by atoms with Crippen LogP contribution in [0, 0.1) is 5.92 Å². The summed E-state index contributed by atoms with van der Waals surface area (Å²) in [5, 5.41) is 0. The van der Waals surface area contributed by atoms with E-state index in [1.54, 1.807) is 0 Å². The number of rotatable bonds is 4. The molecule has 122 valence electrons. The molecular formula is C12H24F3NO3S. The molecule has 0 aromatic carbocycles. The van der Waals surface area contributed by atoms with E-state index in [1.807, 2.05) is 0 Å². The van der Waals surface area contributed by atoms with E-state index >= 15 is 0 Å². The number of nitrogens with zero attached hydrogens (tertiary/aromatic N) is 1. The molecule has 1 rings (SSSR count). The topological polar surface area (TPSA) is 57.2 Å². The lowest BCUT2D eigenvalue weighted by Gasteiger charge is -2.29. The van der Waals surface area contributed by atoms with Gasteiger partial charge in [0.05, 0.1) is 26.7 Å². The molecule has 0 amide bonds. The average molecular weight is 319 g/mol. The zero-order valence-corrected chi connectivity index (χ0v) is 13.1. The van der Waals surface area contributed by atoms with Gasteiger partial charge in [0.25, 0.3) is 0 Å². The molecule has 1 saturated heterocycles. The second kappa shape index (κ2) is 7.61. The molecule has 2 unspecified atom stereocenters. The van der Waals surface area contributed by atoms with E-state index in [4.69, 9.17) is 13.0 Å². The second-order valence-corrected chi connectivity index (χ2v) is 7.12. The van der Waals surface area contributed by atoms with Crippen LogP contribution in [0.5, 0.6) is 0 Å². The Hall–Kier alpha value is -0.340. The summed E-state index contributed by atoms with van der Waals surface area (Å²) in [7, 11) is -3.66. The van der Waals surface area contributed by atoms with Gasteiger partial charge in [-0.1, -0.05) is 20.3 Å². The molecule has 0 saturated carbocycles. The predicted octanol–water partition coefficient (Wildman–Crippen LogP) is 2.71. The van der Waals surface area contributed by atoms with Gasteiger partial charge in [-0.05, 0) is 12.8 Å². The van der Waals surface area contributed by atoms with E-state index in [-0.39, 0.29) is 0 Å². The van der Waals surface area contributed by atoms with Crippen LogP contribution >= 0.6 is 0 Å². The lowest BCUT2D eigenvalue weighted by Crippen LogP contribution is -2.42. The van der Waals surface area contributed by atoms with Gasteiger partial charge in [-0.25, -0.2) is 8.42 Å². The lowest BCUT2D eigenvalue weighted by molar-refractivity contribution is -0.899. The van der Waals surface area contributed by atoms with Gasteiger partial charge < -0.3 is 9.04 Å². The maximum atomic E-state index is 10.7. The minimum Gasteiger partial charge on any atom is -0.741 e. The maximum absolute atomic E-state index is 10.7. The van der Waals surface area contributed by atoms with Crippen molar-refractivity contribution in [3.05, 3.63) is 0 Å². The fourth-order valence-electron chi connectivity index (χ4n) is 2.41. The van der Waals surface area contributed by atoms with E-state index in [2.05, 4.69) is 20.9 Å². The van der Waals surface area contributed by atoms with Gasteiger partial charge in [0, 0.05) is 12.3 Å². The predicted molar refractivity (Wildman–Crippen MR) is 69.8 cm³/mol. The Kier molecular flexibility index (Phi) is 7.48. The Labute approximate surface area is 119 Å². The second-order valence-electron chi connectivity index (χ2n) is 5.75. The van der Waals surface area contributed by atoms with Gasteiger partial charge in [-0.3, -0.25) is 0 Å². The van der Waals surface area contributed by atoms with Crippen molar-refractivity contribution >= 4 is 10.1 Å². The van der Waals surface area contributed by atoms with Crippen LogP contribution in [-0.2, 0) is 10.1 Å². The van der Waals surface area contributed by atoms with Gasteiger partial charge in [-0.2, -0.15) is 13.2 Å². The molecule has 2 atom stereocenters. The Bertz CT molecular complexity index is 384. The number of hydrogen-bond donors (Lipinski definition) is 0. The zero-order chi connectivity index (χ0) is 16.0. The van der Waals surface area contributed by atoms with E-state index in [9.17, 15) is 13.2 Å². The maximum Gasteiger partial charge on any atom is 0.485 e. The molecule has 8 heteroatoms. The number of quaternary nitrogens is 1. The minimum absolute atomic E-state index is 0.969. The summed E-state index contributed by atoms with van der Waals surface area (Å²) < 4.78 is 60.3. The normalized spacial score (nSPS) is 27.1. The molecule has 4 nitrogen and oxygen atoms in total. The van der Waals surface area contributed by atoms with Crippen molar-refractivity contribution in [2.75, 3.05) is 26.7 Å². The van der Waals surface area contributed by atoms with Gasteiger partial charge in [0.1, 0.15) is 0 Å². The number of hydrogen-bond acceptors (Lipinski definition) is 3. The number of unbranched alkanes of at least 4 members (excludes halogenated alkanes) is 2. The molecule has 20 heavy (non-hydrogen) atoms. The molecule has 1 heterocycles. The van der Waals surface area contributed by atoms with Crippen molar-refractivity contribution < 1.29 is 30.6 Å². The van der Waals surface area contributed by atoms with Gasteiger partial charge >= 0.3 is 5.51 Å². The van der Waals surface area contributed by atoms with Crippen molar-refractivity contribution in [3.63, 3.8) is 0 Å². The number of likely N-dealkylation sites (tertiary alicyclic amines) is 1. The third-order valence-corrected chi connectivity index (χ3v) is 4.07. The van der Waals surface area contributed by atoms with Crippen LogP contribution < -0.4 is 0 Å². The molecule has 0 spiro atoms. The largest absolute Gasteiger partial charge is 0.741 e. The molecule has 0 aliphatic carbocycles. The highest BCUT2D eigenvalue weighted by molar-refractivity contribution is 7.86. The highest BCUT2D eigenvalue weighted by Gasteiger charge is 2.37. The Morgan fingerprint density at radius 1 is 1.30 bits per heavy atom. The highest BCUT2D eigenvalue weighted by Crippen LogP contribution is 2.22. The van der Waals surface area contributed by atoms with Crippen LogP contribution in [0.4, 0.5) is 13.2 Å². The summed E-state index contributed by atoms with van der Waals surface area (Å²) in [4.78, 5) is 0. The smallest absolute Gasteiger partial charge is 0.485 e. The minimum atomic E-state index is -6.09. The van der Waals surface area contributed by atoms with Gasteiger partial charge in [0.15, 0.2) is 10.1 Å². The third kappa shape index (κ3) is 7.44. The van der Waals surface area contributed by atoms with Crippen molar-refractivity contribution in [1.82, 2.24) is 0 Å². The Morgan fingerprint density at radius 2 is 1.80 bits per heavy atom. The van der Waals surface area contributed by atoms with Crippen LogP contribution in [0.25, 0.3) is 0 Å². The van der Waals surface area contributed by atoms with Crippen molar-refractivity contribution in [2.45, 2.75) is 45.0 Å². The van der Waals surface area contributed by atoms with E-state index in [0.29, 0.717) is 0 Å². The fraction of sp³-hybridized carbons (Fsp3) is 1.00. The lowest BCUT2D eigenvalue weighted by atomic mass is 10.2. The van der Waals surface area contributed by atoms with Crippen molar-refractivity contribution in [1.29, 1.82) is 0 Å². The number of halogens is 3. The molecule has 0 radical (unpaired) electrons. The van der Waals surface area contributed by atoms with Crippen LogP contribution in [-0.4, -0.2) is 49.6 Å². The van der Waals surface area contributed by atoms with E-state index < -0.39 is 15.6 Å². The summed E-state index contributed by atoms with van der Waals surface area (Å²) in [5.41, 5.74) is -5.65. The van der Waals surface area contributed by atoms with Crippen molar-refractivity contribution in [2.24, 2.45) is 5.92 Å². The molecule has 0 bridgehead atoms. The Balaban J connectivity index is 0.000000396. The first-order chi connectivity index (χ1) is 8.91. The summed E-state index contributed by atoms with van der Waals surface area (Å²) >= 11 is 0. The van der Waals surface area contributed by atoms with Gasteiger partial charge in [-0.15, -0.1) is 0 Å². The molecule has 0 N–H and O–H groups in total. The fourth-order valence-corrected chi connectivity index (χ4v) is 2.41.